The molecular formula is C8H16N2O5S2. The lowest BCUT2D eigenvalue weighted by Gasteiger charge is -2.47. The third-order valence-corrected chi connectivity index (χ3v) is 2.82. The van der Waals surface area contributed by atoms with Crippen LogP contribution in [-0.4, -0.2) is 68.7 Å². The molecule has 0 radical (unpaired) electrons. The van der Waals surface area contributed by atoms with Gasteiger partial charge in [0.25, 0.3) is 5.91 Å². The van der Waals surface area contributed by atoms with Crippen LogP contribution in [0, 0.1) is 0 Å². The Morgan fingerprint density at radius 3 is 2.47 bits per heavy atom. The van der Waals surface area contributed by atoms with E-state index in [0.29, 0.717) is 0 Å². The summed E-state index contributed by atoms with van der Waals surface area (Å²) in [5, 5.41) is 43.6. The highest BCUT2D eigenvalue weighted by atomic mass is 32.1. The Kier molecular flexibility index (Phi) is 5.10. The Bertz CT molecular complexity index is 295. The minimum Gasteiger partial charge on any atom is -0.394 e. The highest BCUT2D eigenvalue weighted by Gasteiger charge is 2.53. The molecule has 1 aliphatic heterocycles. The maximum atomic E-state index is 10.2. The molecule has 0 aliphatic carbocycles. The third kappa shape index (κ3) is 3.06. The summed E-state index contributed by atoms with van der Waals surface area (Å²) < 4.78 is 5.06. The molecule has 5 atom stereocenters. The van der Waals surface area contributed by atoms with Gasteiger partial charge in [-0.05, 0) is 7.05 Å². The summed E-state index contributed by atoms with van der Waals surface area (Å²) in [6, 6.07) is -1.04. The minimum absolute atomic E-state index is 0.0481. The highest BCUT2D eigenvalue weighted by Crippen LogP contribution is 2.26. The van der Waals surface area contributed by atoms with Crippen molar-refractivity contribution in [1.82, 2.24) is 10.6 Å². The Morgan fingerprint density at radius 2 is 2.06 bits per heavy atom. The van der Waals surface area contributed by atoms with Crippen LogP contribution in [0.1, 0.15) is 0 Å². The Hall–Kier alpha value is -0.000000000000000111. The fraction of sp³-hybridized carbons (Fsp3) is 0.875. The molecule has 7 nitrogen and oxygen atoms in total. The number of likely N-dealkylation sites (N-methyl/N-ethyl adjacent to an activating group) is 1. The smallest absolute Gasteiger partial charge is 0.267 e. The molecule has 0 aromatic rings. The quantitative estimate of drug-likeness (QED) is 0.168. The van der Waals surface area contributed by atoms with Crippen molar-refractivity contribution in [2.24, 2.45) is 0 Å². The molecule has 1 aliphatic rings. The molecule has 1 heterocycles. The molecular weight excluding hydrogens is 268 g/mol. The van der Waals surface area contributed by atoms with Gasteiger partial charge in [0.2, 0.25) is 0 Å². The van der Waals surface area contributed by atoms with Gasteiger partial charge in [-0.3, -0.25) is 0 Å². The number of thiol groups is 1. The highest BCUT2D eigenvalue weighted by molar-refractivity contribution is 8.11. The Balaban J connectivity index is 2.96. The topological polar surface area (TPSA) is 114 Å². The fourth-order valence-corrected chi connectivity index (χ4v) is 2.10. The van der Waals surface area contributed by atoms with Gasteiger partial charge in [-0.2, -0.15) is 0 Å². The van der Waals surface area contributed by atoms with Crippen LogP contribution in [0.25, 0.3) is 0 Å². The van der Waals surface area contributed by atoms with Crippen molar-refractivity contribution in [3.05, 3.63) is 0 Å². The van der Waals surface area contributed by atoms with E-state index in [0.717, 1.165) is 0 Å². The summed E-state index contributed by atoms with van der Waals surface area (Å²) >= 11 is 8.47. The molecule has 0 aromatic heterocycles. The van der Waals surface area contributed by atoms with Crippen molar-refractivity contribution in [2.45, 2.75) is 30.3 Å². The number of nitrogens with one attached hydrogen (secondary N) is 2. The summed E-state index contributed by atoms with van der Waals surface area (Å²) in [6.07, 6.45) is -3.80. The van der Waals surface area contributed by atoms with E-state index >= 15 is 0 Å². The molecule has 1 fully saturated rings. The van der Waals surface area contributed by atoms with E-state index in [1.165, 1.54) is 7.05 Å². The van der Waals surface area contributed by atoms with Gasteiger partial charge in [0.15, 0.2) is 0 Å². The molecule has 1 saturated heterocycles. The second kappa shape index (κ2) is 5.76. The van der Waals surface area contributed by atoms with Crippen molar-refractivity contribution in [3.8, 4) is 0 Å². The van der Waals surface area contributed by atoms with Crippen molar-refractivity contribution < 1.29 is 25.2 Å². The van der Waals surface area contributed by atoms with Gasteiger partial charge in [-0.15, -0.1) is 12.6 Å². The lowest BCUT2D eigenvalue weighted by Crippen LogP contribution is -2.74. The van der Waals surface area contributed by atoms with Crippen LogP contribution < -0.4 is 10.6 Å². The van der Waals surface area contributed by atoms with Crippen molar-refractivity contribution in [2.75, 3.05) is 13.7 Å². The lowest BCUT2D eigenvalue weighted by molar-refractivity contribution is -0.325. The number of hydrogen-bond donors (Lipinski definition) is 7. The van der Waals surface area contributed by atoms with Gasteiger partial charge >= 0.3 is 0 Å². The number of ether oxygens (including phenoxy) is 1. The maximum Gasteiger partial charge on any atom is 0.267 e. The molecule has 0 spiro atoms. The van der Waals surface area contributed by atoms with Crippen LogP contribution in [0.3, 0.4) is 0 Å². The molecule has 9 heteroatoms. The van der Waals surface area contributed by atoms with Gasteiger partial charge in [0.05, 0.1) is 6.61 Å². The SMILES string of the molecule is CN[C@@H]1[C@@H](O)[C@H](O)[C@@H](CO)O[C@@]1(O)NC(=S)S. The zero-order valence-electron chi connectivity index (χ0n) is 9.07. The molecule has 6 N–H and O–H groups in total. The van der Waals surface area contributed by atoms with Gasteiger partial charge in [0, 0.05) is 0 Å². The first-order valence-corrected chi connectivity index (χ1v) is 5.76. The van der Waals surface area contributed by atoms with Crippen LogP contribution in [-0.2, 0) is 4.74 Å². The number of hydrogen-bond acceptors (Lipinski definition) is 7. The zero-order valence-corrected chi connectivity index (χ0v) is 10.8. The molecule has 17 heavy (non-hydrogen) atoms. The van der Waals surface area contributed by atoms with Crippen molar-refractivity contribution in [1.29, 1.82) is 0 Å². The summed E-state index contributed by atoms with van der Waals surface area (Å²) in [6.45, 7) is -0.558. The first kappa shape index (κ1) is 15.1. The minimum atomic E-state index is -2.06. The number of thiocarbonyl (C=S) groups is 1. The second-order valence-corrected chi connectivity index (χ2v) is 4.87. The molecule has 0 unspecified atom stereocenters. The second-order valence-electron chi connectivity index (χ2n) is 3.71. The maximum absolute atomic E-state index is 10.2. The largest absolute Gasteiger partial charge is 0.394 e. The number of rotatable bonds is 3. The molecule has 0 amide bonds. The first-order valence-electron chi connectivity index (χ1n) is 4.91. The first-order chi connectivity index (χ1) is 7.85. The average Bonchev–Trinajstić information content (AvgIpc) is 2.23. The van der Waals surface area contributed by atoms with Crippen LogP contribution in [0.15, 0.2) is 0 Å². The predicted molar refractivity (Wildman–Crippen MR) is 66.5 cm³/mol. The van der Waals surface area contributed by atoms with E-state index in [4.69, 9.17) is 9.84 Å². The summed E-state index contributed by atoms with van der Waals surface area (Å²) in [5.41, 5.74) is 0. The molecule has 0 aromatic carbocycles. The van der Waals surface area contributed by atoms with Gasteiger partial charge in [0.1, 0.15) is 28.7 Å². The average molecular weight is 284 g/mol. The molecule has 0 saturated carbocycles. The Labute approximate surface area is 109 Å². The zero-order chi connectivity index (χ0) is 13.2. The standard InChI is InChI=1S/C8H16N2O5S2/c1-9-6-5(13)4(12)3(2-11)15-8(6,14)10-7(16)17/h3-6,9,11-14H,2H2,1H3,(H2,10,16,17)/t3-,4-,5+,6-,8-/m1/s1. The van der Waals surface area contributed by atoms with Gasteiger partial charge < -0.3 is 35.8 Å². The van der Waals surface area contributed by atoms with Crippen LogP contribution in [0.2, 0.25) is 0 Å². The van der Waals surface area contributed by atoms with E-state index in [1.54, 1.807) is 0 Å². The predicted octanol–water partition coefficient (Wildman–Crippen LogP) is -2.86. The van der Waals surface area contributed by atoms with Crippen molar-refractivity contribution >= 4 is 29.2 Å². The molecule has 1 rings (SSSR count). The number of aliphatic hydroxyl groups excluding tert-OH is 3. The summed E-state index contributed by atoms with van der Waals surface area (Å²) in [4.78, 5) is 0. The van der Waals surface area contributed by atoms with E-state index in [9.17, 15) is 15.3 Å². The normalized spacial score (nSPS) is 42.2. The monoisotopic (exact) mass is 284 g/mol. The third-order valence-electron chi connectivity index (χ3n) is 2.60. The van der Waals surface area contributed by atoms with E-state index in [1.807, 2.05) is 0 Å². The van der Waals surface area contributed by atoms with Crippen LogP contribution in [0.5, 0.6) is 0 Å². The van der Waals surface area contributed by atoms with Gasteiger partial charge in [-0.1, -0.05) is 12.2 Å². The summed E-state index contributed by atoms with van der Waals surface area (Å²) in [7, 11) is 1.47. The van der Waals surface area contributed by atoms with E-state index < -0.39 is 36.9 Å². The van der Waals surface area contributed by atoms with E-state index in [2.05, 4.69) is 35.5 Å². The van der Waals surface area contributed by atoms with Gasteiger partial charge in [-0.25, -0.2) is 0 Å². The number of aliphatic hydroxyl groups is 4. The van der Waals surface area contributed by atoms with Crippen LogP contribution in [0.4, 0.5) is 0 Å². The molecule has 0 bridgehead atoms. The van der Waals surface area contributed by atoms with Crippen LogP contribution >= 0.6 is 24.8 Å². The lowest BCUT2D eigenvalue weighted by atomic mass is 9.94. The van der Waals surface area contributed by atoms with E-state index in [-0.39, 0.29) is 4.32 Å². The Morgan fingerprint density at radius 1 is 1.47 bits per heavy atom. The fourth-order valence-electron chi connectivity index (χ4n) is 1.79. The van der Waals surface area contributed by atoms with Crippen molar-refractivity contribution in [3.63, 3.8) is 0 Å². The summed E-state index contributed by atoms with van der Waals surface area (Å²) in [5.74, 6) is -2.06. The molecule has 100 valence electrons.